The van der Waals surface area contributed by atoms with E-state index in [4.69, 9.17) is 16.7 Å². The lowest BCUT2D eigenvalue weighted by Gasteiger charge is -2.21. The molecule has 0 saturated carbocycles. The first kappa shape index (κ1) is 11.7. The summed E-state index contributed by atoms with van der Waals surface area (Å²) in [5, 5.41) is 9.06. The average Bonchev–Trinajstić information content (AvgIpc) is 2.27. The second-order valence-electron chi connectivity index (χ2n) is 3.18. The third-order valence-corrected chi connectivity index (χ3v) is 2.75. The van der Waals surface area contributed by atoms with E-state index >= 15 is 0 Å². The fraction of sp³-hybridized carbons (Fsp3) is 0.273. The standard InChI is InChI=1S/C11H11ClO3/c12-11(10(14)15,7-4-8-13)9-5-2-1-3-6-9/h1-3,5-6,8H,4,7H2,(H,14,15). The van der Waals surface area contributed by atoms with Crippen LogP contribution < -0.4 is 0 Å². The SMILES string of the molecule is O=CCCC(Cl)(C(=O)O)c1ccccc1. The van der Waals surface area contributed by atoms with Crippen molar-refractivity contribution < 1.29 is 14.7 Å². The Labute approximate surface area is 92.7 Å². The van der Waals surface area contributed by atoms with E-state index in [1.165, 1.54) is 0 Å². The molecule has 3 nitrogen and oxygen atoms in total. The van der Waals surface area contributed by atoms with Crippen LogP contribution in [0.15, 0.2) is 30.3 Å². The quantitative estimate of drug-likeness (QED) is 0.619. The molecule has 1 aromatic carbocycles. The van der Waals surface area contributed by atoms with E-state index in [1.54, 1.807) is 30.3 Å². The number of aldehydes is 1. The number of hydrogen-bond donors (Lipinski definition) is 1. The van der Waals surface area contributed by atoms with Gasteiger partial charge in [-0.1, -0.05) is 30.3 Å². The third-order valence-electron chi connectivity index (χ3n) is 2.18. The molecule has 0 spiro atoms. The lowest BCUT2D eigenvalue weighted by atomic mass is 9.93. The van der Waals surface area contributed by atoms with Crippen molar-refractivity contribution in [3.05, 3.63) is 35.9 Å². The van der Waals surface area contributed by atoms with Crippen molar-refractivity contribution in [3.8, 4) is 0 Å². The van der Waals surface area contributed by atoms with Crippen LogP contribution in [0.4, 0.5) is 0 Å². The number of carbonyl (C=O) groups excluding carboxylic acids is 1. The van der Waals surface area contributed by atoms with Crippen LogP contribution in [0.3, 0.4) is 0 Å². The van der Waals surface area contributed by atoms with Gasteiger partial charge in [-0.05, 0) is 12.0 Å². The molecule has 4 heteroatoms. The van der Waals surface area contributed by atoms with Gasteiger partial charge in [-0.2, -0.15) is 0 Å². The van der Waals surface area contributed by atoms with Crippen molar-refractivity contribution in [2.45, 2.75) is 17.7 Å². The van der Waals surface area contributed by atoms with Crippen molar-refractivity contribution in [1.82, 2.24) is 0 Å². The molecule has 0 bridgehead atoms. The molecule has 0 heterocycles. The summed E-state index contributed by atoms with van der Waals surface area (Å²) in [5.41, 5.74) is 0.501. The molecule has 0 amide bonds. The summed E-state index contributed by atoms with van der Waals surface area (Å²) in [6.45, 7) is 0. The molecule has 0 aliphatic rings. The molecular weight excluding hydrogens is 216 g/mol. The van der Waals surface area contributed by atoms with Gasteiger partial charge in [-0.25, -0.2) is 4.79 Å². The molecule has 80 valence electrons. The Balaban J connectivity index is 3.01. The van der Waals surface area contributed by atoms with Crippen molar-refractivity contribution in [3.63, 3.8) is 0 Å². The predicted molar refractivity (Wildman–Crippen MR) is 56.9 cm³/mol. The van der Waals surface area contributed by atoms with Gasteiger partial charge in [0.25, 0.3) is 0 Å². The highest BCUT2D eigenvalue weighted by Gasteiger charge is 2.37. The summed E-state index contributed by atoms with van der Waals surface area (Å²) in [5.74, 6) is -1.13. The van der Waals surface area contributed by atoms with E-state index in [-0.39, 0.29) is 12.8 Å². The minimum atomic E-state index is -1.50. The van der Waals surface area contributed by atoms with Gasteiger partial charge in [0.1, 0.15) is 6.29 Å². The van der Waals surface area contributed by atoms with Gasteiger partial charge in [0.15, 0.2) is 4.87 Å². The molecule has 1 aromatic rings. The Morgan fingerprint density at radius 3 is 2.47 bits per heavy atom. The highest BCUT2D eigenvalue weighted by atomic mass is 35.5. The number of halogens is 1. The molecule has 1 rings (SSSR count). The highest BCUT2D eigenvalue weighted by molar-refractivity contribution is 6.33. The maximum Gasteiger partial charge on any atom is 0.329 e. The van der Waals surface area contributed by atoms with Crippen molar-refractivity contribution in [2.24, 2.45) is 0 Å². The summed E-state index contributed by atoms with van der Waals surface area (Å²) in [6.07, 6.45) is 0.894. The lowest BCUT2D eigenvalue weighted by molar-refractivity contribution is -0.140. The van der Waals surface area contributed by atoms with Crippen molar-refractivity contribution >= 4 is 23.9 Å². The molecule has 0 aliphatic heterocycles. The number of aliphatic carboxylic acids is 1. The minimum absolute atomic E-state index is 0.0946. The summed E-state index contributed by atoms with van der Waals surface area (Å²) in [4.78, 5) is 19.8. The molecule has 0 saturated heterocycles. The van der Waals surface area contributed by atoms with Gasteiger partial charge in [0.2, 0.25) is 0 Å². The topological polar surface area (TPSA) is 54.4 Å². The zero-order valence-corrected chi connectivity index (χ0v) is 8.78. The number of alkyl halides is 1. The molecule has 15 heavy (non-hydrogen) atoms. The maximum atomic E-state index is 11.1. The molecule has 1 N–H and O–H groups in total. The monoisotopic (exact) mass is 226 g/mol. The van der Waals surface area contributed by atoms with Crippen LogP contribution in [-0.2, 0) is 14.5 Å². The molecule has 1 atom stereocenters. The summed E-state index contributed by atoms with van der Waals surface area (Å²) >= 11 is 6.02. The van der Waals surface area contributed by atoms with Gasteiger partial charge in [0.05, 0.1) is 0 Å². The average molecular weight is 227 g/mol. The van der Waals surface area contributed by atoms with Crippen LogP contribution in [-0.4, -0.2) is 17.4 Å². The smallest absolute Gasteiger partial charge is 0.329 e. The van der Waals surface area contributed by atoms with Crippen LogP contribution in [0.5, 0.6) is 0 Å². The van der Waals surface area contributed by atoms with Gasteiger partial charge in [0, 0.05) is 6.42 Å². The molecule has 0 fully saturated rings. The van der Waals surface area contributed by atoms with Gasteiger partial charge in [-0.3, -0.25) is 0 Å². The van der Waals surface area contributed by atoms with E-state index in [1.807, 2.05) is 0 Å². The molecule has 0 aliphatic carbocycles. The van der Waals surface area contributed by atoms with E-state index in [9.17, 15) is 9.59 Å². The number of carboxylic acid groups (broad SMARTS) is 1. The lowest BCUT2D eigenvalue weighted by Crippen LogP contribution is -2.29. The first-order chi connectivity index (χ1) is 7.11. The number of rotatable bonds is 5. The molecule has 0 radical (unpaired) electrons. The Morgan fingerprint density at radius 2 is 2.00 bits per heavy atom. The van der Waals surface area contributed by atoms with Crippen LogP contribution in [0.2, 0.25) is 0 Å². The number of carbonyl (C=O) groups is 2. The zero-order valence-electron chi connectivity index (χ0n) is 8.02. The first-order valence-corrected chi connectivity index (χ1v) is 4.90. The van der Waals surface area contributed by atoms with Gasteiger partial charge in [-0.15, -0.1) is 11.6 Å². The van der Waals surface area contributed by atoms with Gasteiger partial charge >= 0.3 is 5.97 Å². The minimum Gasteiger partial charge on any atom is -0.480 e. The van der Waals surface area contributed by atoms with E-state index in [0.29, 0.717) is 11.8 Å². The fourth-order valence-corrected chi connectivity index (χ4v) is 1.57. The van der Waals surface area contributed by atoms with Crippen LogP contribution in [0, 0.1) is 0 Å². The Hall–Kier alpha value is -1.35. The largest absolute Gasteiger partial charge is 0.480 e. The third kappa shape index (κ3) is 2.57. The van der Waals surface area contributed by atoms with Crippen LogP contribution in [0.1, 0.15) is 18.4 Å². The zero-order chi connectivity index (χ0) is 11.3. The van der Waals surface area contributed by atoms with Crippen LogP contribution >= 0.6 is 11.6 Å². The highest BCUT2D eigenvalue weighted by Crippen LogP contribution is 2.33. The number of carboxylic acids is 1. The van der Waals surface area contributed by atoms with E-state index in [0.717, 1.165) is 0 Å². The summed E-state index contributed by atoms with van der Waals surface area (Å²) in [6, 6.07) is 8.51. The van der Waals surface area contributed by atoms with Crippen LogP contribution in [0.25, 0.3) is 0 Å². The predicted octanol–water partition coefficient (Wildman–Crippen LogP) is 2.18. The molecule has 0 aromatic heterocycles. The number of hydrogen-bond acceptors (Lipinski definition) is 2. The van der Waals surface area contributed by atoms with Gasteiger partial charge < -0.3 is 9.90 Å². The molecular formula is C11H11ClO3. The normalized spacial score (nSPS) is 14.2. The summed E-state index contributed by atoms with van der Waals surface area (Å²) in [7, 11) is 0. The van der Waals surface area contributed by atoms with E-state index < -0.39 is 10.8 Å². The van der Waals surface area contributed by atoms with Crippen molar-refractivity contribution in [2.75, 3.05) is 0 Å². The Kier molecular flexibility index (Phi) is 3.86. The Morgan fingerprint density at radius 1 is 1.40 bits per heavy atom. The van der Waals surface area contributed by atoms with Crippen molar-refractivity contribution in [1.29, 1.82) is 0 Å². The Bertz CT molecular complexity index is 350. The number of benzene rings is 1. The second kappa shape index (κ2) is 4.94. The van der Waals surface area contributed by atoms with E-state index in [2.05, 4.69) is 0 Å². The summed E-state index contributed by atoms with van der Waals surface area (Å²) < 4.78 is 0. The fourth-order valence-electron chi connectivity index (χ4n) is 1.33. The first-order valence-electron chi connectivity index (χ1n) is 4.52. The second-order valence-corrected chi connectivity index (χ2v) is 3.82. The molecule has 1 unspecified atom stereocenters. The maximum absolute atomic E-state index is 11.1.